The highest BCUT2D eigenvalue weighted by Gasteiger charge is 2.52. The van der Waals surface area contributed by atoms with Crippen LogP contribution in [0.1, 0.15) is 10.4 Å². The number of rotatable bonds is 4. The Kier molecular flexibility index (Phi) is 4.97. The summed E-state index contributed by atoms with van der Waals surface area (Å²) in [6, 6.07) is 2.77. The van der Waals surface area contributed by atoms with E-state index in [9.17, 15) is 22.8 Å². The molecule has 0 aliphatic carbocycles. The molecule has 2 rings (SSSR count). The molecule has 9 heteroatoms. The lowest BCUT2D eigenvalue weighted by molar-refractivity contribution is -0.187. The van der Waals surface area contributed by atoms with Gasteiger partial charge in [0, 0.05) is 19.3 Å². The van der Waals surface area contributed by atoms with Gasteiger partial charge in [-0.2, -0.15) is 13.2 Å². The molecule has 0 aromatic carbocycles. The van der Waals surface area contributed by atoms with Crippen LogP contribution in [-0.2, 0) is 4.79 Å². The minimum absolute atomic E-state index is 0.0419. The van der Waals surface area contributed by atoms with Crippen LogP contribution in [0.3, 0.4) is 0 Å². The zero-order valence-corrected chi connectivity index (χ0v) is 12.4. The second-order valence-electron chi connectivity index (χ2n) is 5.29. The number of carbonyl (C=O) groups excluding carboxylic acids is 1. The van der Waals surface area contributed by atoms with Gasteiger partial charge >= 0.3 is 12.1 Å². The molecule has 1 aliphatic heterocycles. The fourth-order valence-corrected chi connectivity index (χ4v) is 2.51. The van der Waals surface area contributed by atoms with E-state index in [4.69, 9.17) is 11.5 Å². The number of hydrogen-bond acceptors (Lipinski definition) is 4. The Labute approximate surface area is 135 Å². The molecule has 1 aliphatic rings. The van der Waals surface area contributed by atoms with E-state index < -0.39 is 36.4 Å². The predicted molar refractivity (Wildman–Crippen MR) is 78.3 cm³/mol. The van der Waals surface area contributed by atoms with Crippen LogP contribution in [0, 0.1) is 24.2 Å². The van der Waals surface area contributed by atoms with Crippen LogP contribution >= 0.6 is 0 Å². The number of amides is 1. The van der Waals surface area contributed by atoms with E-state index in [1.165, 1.54) is 23.2 Å². The Bertz CT molecular complexity index is 667. The molecule has 0 bridgehead atoms. The van der Waals surface area contributed by atoms with Gasteiger partial charge in [0.15, 0.2) is 0 Å². The second-order valence-corrected chi connectivity index (χ2v) is 5.29. The number of alkyl halides is 3. The zero-order valence-electron chi connectivity index (χ0n) is 12.4. The Hall–Kier alpha value is -2.76. The summed E-state index contributed by atoms with van der Waals surface area (Å²) in [5.74, 6) is -3.04. The summed E-state index contributed by atoms with van der Waals surface area (Å²) in [7, 11) is 0. The first kappa shape index (κ1) is 17.6. The molecule has 0 spiro atoms. The molecule has 0 unspecified atom stereocenters. The van der Waals surface area contributed by atoms with Crippen molar-refractivity contribution >= 4 is 17.7 Å². The molecule has 24 heavy (non-hydrogen) atoms. The number of carboxylic acid groups (broad SMARTS) is 1. The van der Waals surface area contributed by atoms with Crippen LogP contribution < -0.4 is 10.2 Å². The maximum Gasteiger partial charge on any atom is 0.394 e. The van der Waals surface area contributed by atoms with E-state index in [0.717, 1.165) is 0 Å². The number of terminal acetylenes is 1. The first-order valence-corrected chi connectivity index (χ1v) is 6.96. The highest BCUT2D eigenvalue weighted by atomic mass is 19.4. The Morgan fingerprint density at radius 1 is 1.42 bits per heavy atom. The molecule has 1 aromatic rings. The molecule has 128 valence electrons. The van der Waals surface area contributed by atoms with Gasteiger partial charge in [0.2, 0.25) is 0 Å². The average molecular weight is 341 g/mol. The third-order valence-electron chi connectivity index (χ3n) is 3.74. The number of carbonyl (C=O) groups is 2. The Morgan fingerprint density at radius 2 is 2.12 bits per heavy atom. The lowest BCUT2D eigenvalue weighted by Gasteiger charge is -2.19. The molecular formula is C15H14F3N3O3. The maximum atomic E-state index is 13.0. The van der Waals surface area contributed by atoms with Gasteiger partial charge in [-0.25, -0.2) is 4.98 Å². The minimum atomic E-state index is -4.60. The van der Waals surface area contributed by atoms with Gasteiger partial charge < -0.3 is 15.3 Å². The van der Waals surface area contributed by atoms with Crippen LogP contribution in [0.2, 0.25) is 0 Å². The van der Waals surface area contributed by atoms with Gasteiger partial charge in [-0.05, 0) is 12.1 Å². The van der Waals surface area contributed by atoms with Crippen LogP contribution in [-0.4, -0.2) is 47.8 Å². The predicted octanol–water partition coefficient (Wildman–Crippen LogP) is 1.14. The first-order chi connectivity index (χ1) is 11.2. The van der Waals surface area contributed by atoms with Gasteiger partial charge in [-0.15, -0.1) is 6.42 Å². The molecule has 1 aromatic heterocycles. The SMILES string of the molecule is C#CCNC(=O)c1ccc(N2C[C@@H](C(F)(F)F)[C@H](C(=O)O)C2)nc1. The first-order valence-electron chi connectivity index (χ1n) is 6.96. The standard InChI is InChI=1S/C15H14F3N3O3/c1-2-5-19-13(22)9-3-4-12(20-6-9)21-7-10(14(23)24)11(8-21)15(16,17)18/h1,3-4,6,10-11H,5,7-8H2,(H,19,22)(H,23,24)/t10-,11-/m1/s1. The number of halogens is 3. The molecule has 2 N–H and O–H groups in total. The highest BCUT2D eigenvalue weighted by Crippen LogP contribution is 2.38. The van der Waals surface area contributed by atoms with Crippen molar-refractivity contribution in [3.8, 4) is 12.3 Å². The van der Waals surface area contributed by atoms with Gasteiger partial charge in [-0.3, -0.25) is 9.59 Å². The molecule has 0 radical (unpaired) electrons. The van der Waals surface area contributed by atoms with Crippen molar-refractivity contribution in [1.82, 2.24) is 10.3 Å². The number of carboxylic acids is 1. The van der Waals surface area contributed by atoms with E-state index in [-0.39, 0.29) is 24.5 Å². The minimum Gasteiger partial charge on any atom is -0.481 e. The summed E-state index contributed by atoms with van der Waals surface area (Å²) < 4.78 is 38.9. The van der Waals surface area contributed by atoms with Crippen molar-refractivity contribution in [2.75, 3.05) is 24.5 Å². The van der Waals surface area contributed by atoms with Gasteiger partial charge in [0.05, 0.1) is 23.9 Å². The average Bonchev–Trinajstić information content (AvgIpc) is 2.98. The normalized spacial score (nSPS) is 20.5. The van der Waals surface area contributed by atoms with Crippen LogP contribution in [0.25, 0.3) is 0 Å². The molecule has 2 heterocycles. The Morgan fingerprint density at radius 3 is 2.58 bits per heavy atom. The molecule has 6 nitrogen and oxygen atoms in total. The molecule has 1 saturated heterocycles. The second kappa shape index (κ2) is 6.78. The third-order valence-corrected chi connectivity index (χ3v) is 3.74. The number of pyridine rings is 1. The quantitative estimate of drug-likeness (QED) is 0.803. The fraction of sp³-hybridized carbons (Fsp3) is 0.400. The maximum absolute atomic E-state index is 13.0. The summed E-state index contributed by atoms with van der Waals surface area (Å²) in [4.78, 5) is 27.9. The van der Waals surface area contributed by atoms with Crippen molar-refractivity contribution in [2.45, 2.75) is 6.18 Å². The molecule has 0 saturated carbocycles. The lowest BCUT2D eigenvalue weighted by atomic mass is 9.96. The van der Waals surface area contributed by atoms with Gasteiger partial charge in [-0.1, -0.05) is 5.92 Å². The third kappa shape index (κ3) is 3.76. The molecule has 2 atom stereocenters. The summed E-state index contributed by atoms with van der Waals surface area (Å²) in [6.45, 7) is -0.745. The topological polar surface area (TPSA) is 82.5 Å². The number of hydrogen-bond donors (Lipinski definition) is 2. The lowest BCUT2D eigenvalue weighted by Crippen LogP contribution is -2.33. The van der Waals surface area contributed by atoms with Crippen molar-refractivity contribution in [3.05, 3.63) is 23.9 Å². The molecular weight excluding hydrogens is 327 g/mol. The van der Waals surface area contributed by atoms with E-state index in [1.807, 2.05) is 0 Å². The fourth-order valence-electron chi connectivity index (χ4n) is 2.51. The number of nitrogens with zero attached hydrogens (tertiary/aromatic N) is 2. The van der Waals surface area contributed by atoms with Crippen molar-refractivity contribution in [2.24, 2.45) is 11.8 Å². The highest BCUT2D eigenvalue weighted by molar-refractivity contribution is 5.94. The number of anilines is 1. The number of aromatic nitrogens is 1. The summed E-state index contributed by atoms with van der Waals surface area (Å²) in [5.41, 5.74) is 0.204. The van der Waals surface area contributed by atoms with Crippen LogP contribution in [0.15, 0.2) is 18.3 Å². The number of aliphatic carboxylic acids is 1. The van der Waals surface area contributed by atoms with Crippen molar-refractivity contribution < 1.29 is 27.9 Å². The van der Waals surface area contributed by atoms with Crippen LogP contribution in [0.5, 0.6) is 0 Å². The molecule has 1 fully saturated rings. The van der Waals surface area contributed by atoms with Gasteiger partial charge in [0.1, 0.15) is 5.82 Å². The summed E-state index contributed by atoms with van der Waals surface area (Å²) in [6.07, 6.45) is 1.62. The Balaban J connectivity index is 2.14. The van der Waals surface area contributed by atoms with E-state index in [1.54, 1.807) is 0 Å². The van der Waals surface area contributed by atoms with E-state index >= 15 is 0 Å². The number of nitrogens with one attached hydrogen (secondary N) is 1. The largest absolute Gasteiger partial charge is 0.481 e. The van der Waals surface area contributed by atoms with Gasteiger partial charge in [0.25, 0.3) is 5.91 Å². The van der Waals surface area contributed by atoms with Crippen molar-refractivity contribution in [1.29, 1.82) is 0 Å². The zero-order chi connectivity index (χ0) is 17.9. The molecule has 1 amide bonds. The van der Waals surface area contributed by atoms with E-state index in [0.29, 0.717) is 0 Å². The van der Waals surface area contributed by atoms with E-state index in [2.05, 4.69) is 16.2 Å². The smallest absolute Gasteiger partial charge is 0.394 e. The van der Waals surface area contributed by atoms with Crippen molar-refractivity contribution in [3.63, 3.8) is 0 Å². The summed E-state index contributed by atoms with van der Waals surface area (Å²) >= 11 is 0. The monoisotopic (exact) mass is 341 g/mol. The van der Waals surface area contributed by atoms with Crippen LogP contribution in [0.4, 0.5) is 19.0 Å². The summed E-state index contributed by atoms with van der Waals surface area (Å²) in [5, 5.41) is 11.4.